The van der Waals surface area contributed by atoms with Crippen molar-refractivity contribution < 1.29 is 8.42 Å². The summed E-state index contributed by atoms with van der Waals surface area (Å²) in [5, 5.41) is 8.40. The van der Waals surface area contributed by atoms with Crippen molar-refractivity contribution in [3.05, 3.63) is 54.1 Å². The topological polar surface area (TPSA) is 80.5 Å². The van der Waals surface area contributed by atoms with E-state index in [0.717, 1.165) is 42.5 Å². The summed E-state index contributed by atoms with van der Waals surface area (Å²) < 4.78 is 27.1. The molecule has 0 bridgehead atoms. The van der Waals surface area contributed by atoms with Gasteiger partial charge in [0.25, 0.3) is 0 Å². The first-order chi connectivity index (χ1) is 13.0. The standard InChI is InChI=1S/C19H21N5O2S/c1-15-8-10-16(11-9-15)27(25,26)14-20-19(23-12-4-5-13-23)24-18-7-3-2-6-17(18)21-22-24/h2-3,6-11H,4-5,12-14H2,1H3/b20-19-. The number of sulfone groups is 1. The van der Waals surface area contributed by atoms with Gasteiger partial charge in [-0.1, -0.05) is 35.0 Å². The fraction of sp³-hybridized carbons (Fsp3) is 0.316. The van der Waals surface area contributed by atoms with Gasteiger partial charge < -0.3 is 4.90 Å². The number of hydrogen-bond acceptors (Lipinski definition) is 5. The van der Waals surface area contributed by atoms with Crippen LogP contribution in [0.5, 0.6) is 0 Å². The molecule has 0 aliphatic carbocycles. The van der Waals surface area contributed by atoms with Crippen LogP contribution in [0.3, 0.4) is 0 Å². The summed E-state index contributed by atoms with van der Waals surface area (Å²) in [6.45, 7) is 3.59. The molecule has 1 fully saturated rings. The molecule has 1 saturated heterocycles. The number of aromatic nitrogens is 3. The number of rotatable bonds is 3. The summed E-state index contributed by atoms with van der Waals surface area (Å²) in [5.74, 6) is 0.215. The highest BCUT2D eigenvalue weighted by Crippen LogP contribution is 2.17. The SMILES string of the molecule is Cc1ccc(S(=O)(=O)C/N=C(/N2CCCC2)n2nnc3ccccc32)cc1. The van der Waals surface area contributed by atoms with E-state index in [1.165, 1.54) is 0 Å². The monoisotopic (exact) mass is 383 g/mol. The Kier molecular flexibility index (Phi) is 4.65. The normalized spacial score (nSPS) is 15.6. The van der Waals surface area contributed by atoms with E-state index in [1.54, 1.807) is 28.9 Å². The molecule has 3 aromatic rings. The molecule has 0 amide bonds. The summed E-state index contributed by atoms with van der Waals surface area (Å²) in [5.41, 5.74) is 2.59. The van der Waals surface area contributed by atoms with Crippen LogP contribution in [0.15, 0.2) is 58.4 Å². The Morgan fingerprint density at radius 3 is 2.52 bits per heavy atom. The number of nitrogens with zero attached hydrogens (tertiary/aromatic N) is 5. The van der Waals surface area contributed by atoms with E-state index < -0.39 is 9.84 Å². The number of fused-ring (bicyclic) bond motifs is 1. The van der Waals surface area contributed by atoms with Crippen LogP contribution in [0.4, 0.5) is 0 Å². The van der Waals surface area contributed by atoms with Gasteiger partial charge in [-0.3, -0.25) is 0 Å². The van der Waals surface area contributed by atoms with E-state index >= 15 is 0 Å². The summed E-state index contributed by atoms with van der Waals surface area (Å²) in [4.78, 5) is 6.84. The van der Waals surface area contributed by atoms with Crippen molar-refractivity contribution in [1.29, 1.82) is 0 Å². The van der Waals surface area contributed by atoms with Crippen LogP contribution >= 0.6 is 0 Å². The first kappa shape index (κ1) is 17.7. The third-order valence-electron chi connectivity index (χ3n) is 4.69. The molecule has 8 heteroatoms. The lowest BCUT2D eigenvalue weighted by Gasteiger charge is -2.20. The molecule has 2 heterocycles. The van der Waals surface area contributed by atoms with E-state index in [4.69, 9.17) is 0 Å². The zero-order valence-electron chi connectivity index (χ0n) is 15.1. The fourth-order valence-corrected chi connectivity index (χ4v) is 4.18. The lowest BCUT2D eigenvalue weighted by molar-refractivity contribution is 0.491. The highest BCUT2D eigenvalue weighted by Gasteiger charge is 2.22. The summed E-state index contributed by atoms with van der Waals surface area (Å²) in [6.07, 6.45) is 2.10. The van der Waals surface area contributed by atoms with Crippen molar-refractivity contribution in [3.8, 4) is 0 Å². The number of hydrogen-bond donors (Lipinski definition) is 0. The van der Waals surface area contributed by atoms with E-state index in [-0.39, 0.29) is 10.8 Å². The lowest BCUT2D eigenvalue weighted by atomic mass is 10.2. The summed E-state index contributed by atoms with van der Waals surface area (Å²) in [6, 6.07) is 14.4. The minimum absolute atomic E-state index is 0.279. The van der Waals surface area contributed by atoms with Crippen molar-refractivity contribution in [2.45, 2.75) is 24.7 Å². The molecule has 1 aromatic heterocycles. The highest BCUT2D eigenvalue weighted by molar-refractivity contribution is 7.91. The van der Waals surface area contributed by atoms with Crippen molar-refractivity contribution in [2.24, 2.45) is 4.99 Å². The van der Waals surface area contributed by atoms with Crippen LogP contribution in [0.1, 0.15) is 18.4 Å². The predicted molar refractivity (Wildman–Crippen MR) is 104 cm³/mol. The quantitative estimate of drug-likeness (QED) is 0.513. The smallest absolute Gasteiger partial charge is 0.224 e. The van der Waals surface area contributed by atoms with Gasteiger partial charge in [0, 0.05) is 13.1 Å². The van der Waals surface area contributed by atoms with E-state index in [0.29, 0.717) is 5.96 Å². The zero-order valence-corrected chi connectivity index (χ0v) is 15.9. The van der Waals surface area contributed by atoms with Crippen LogP contribution in [0.25, 0.3) is 11.0 Å². The summed E-state index contributed by atoms with van der Waals surface area (Å²) >= 11 is 0. The number of para-hydroxylation sites is 1. The van der Waals surface area contributed by atoms with Crippen molar-refractivity contribution in [2.75, 3.05) is 19.0 Å². The maximum atomic E-state index is 12.7. The van der Waals surface area contributed by atoms with Crippen molar-refractivity contribution >= 4 is 26.8 Å². The Morgan fingerprint density at radius 2 is 1.78 bits per heavy atom. The van der Waals surface area contributed by atoms with Crippen LogP contribution < -0.4 is 0 Å². The summed E-state index contributed by atoms with van der Waals surface area (Å²) in [7, 11) is -3.52. The van der Waals surface area contributed by atoms with Gasteiger partial charge in [-0.05, 0) is 44.0 Å². The second-order valence-electron chi connectivity index (χ2n) is 6.70. The van der Waals surface area contributed by atoms with Gasteiger partial charge in [0.05, 0.1) is 10.4 Å². The van der Waals surface area contributed by atoms with Gasteiger partial charge in [-0.25, -0.2) is 13.4 Å². The predicted octanol–water partition coefficient (Wildman–Crippen LogP) is 2.47. The van der Waals surface area contributed by atoms with Crippen LogP contribution in [0, 0.1) is 6.92 Å². The van der Waals surface area contributed by atoms with Crippen LogP contribution in [0.2, 0.25) is 0 Å². The lowest BCUT2D eigenvalue weighted by Crippen LogP contribution is -2.35. The van der Waals surface area contributed by atoms with E-state index in [9.17, 15) is 8.42 Å². The Labute approximate surface area is 158 Å². The average Bonchev–Trinajstić information content (AvgIpc) is 3.33. The number of aryl methyl sites for hydroxylation is 1. The van der Waals surface area contributed by atoms with E-state index in [1.807, 2.05) is 31.2 Å². The molecule has 0 radical (unpaired) electrons. The third-order valence-corrected chi connectivity index (χ3v) is 6.15. The Hall–Kier alpha value is -2.74. The molecule has 0 saturated carbocycles. The second kappa shape index (κ2) is 7.11. The van der Waals surface area contributed by atoms with Gasteiger partial charge in [0.2, 0.25) is 5.96 Å². The van der Waals surface area contributed by atoms with Gasteiger partial charge in [-0.2, -0.15) is 4.68 Å². The molecule has 1 aliphatic heterocycles. The largest absolute Gasteiger partial charge is 0.341 e. The van der Waals surface area contributed by atoms with Crippen molar-refractivity contribution in [3.63, 3.8) is 0 Å². The molecule has 2 aromatic carbocycles. The Morgan fingerprint density at radius 1 is 1.07 bits per heavy atom. The van der Waals surface area contributed by atoms with Gasteiger partial charge in [-0.15, -0.1) is 5.10 Å². The molecule has 140 valence electrons. The van der Waals surface area contributed by atoms with Crippen LogP contribution in [-0.2, 0) is 9.84 Å². The number of benzene rings is 2. The molecule has 0 spiro atoms. The highest BCUT2D eigenvalue weighted by atomic mass is 32.2. The number of likely N-dealkylation sites (tertiary alicyclic amines) is 1. The fourth-order valence-electron chi connectivity index (χ4n) is 3.20. The van der Waals surface area contributed by atoms with Gasteiger partial charge in [0.15, 0.2) is 9.84 Å². The zero-order chi connectivity index (χ0) is 18.9. The molecular weight excluding hydrogens is 362 g/mol. The molecular formula is C19H21N5O2S. The Balaban J connectivity index is 1.72. The molecule has 1 aliphatic rings. The molecule has 0 atom stereocenters. The first-order valence-electron chi connectivity index (χ1n) is 8.94. The number of aliphatic imine (C=N–C) groups is 1. The second-order valence-corrected chi connectivity index (χ2v) is 8.66. The van der Waals surface area contributed by atoms with E-state index in [2.05, 4.69) is 20.2 Å². The minimum Gasteiger partial charge on any atom is -0.341 e. The molecule has 0 N–H and O–H groups in total. The molecule has 0 unspecified atom stereocenters. The van der Waals surface area contributed by atoms with Crippen LogP contribution in [-0.4, -0.2) is 53.2 Å². The minimum atomic E-state index is -3.52. The molecule has 27 heavy (non-hydrogen) atoms. The molecule has 7 nitrogen and oxygen atoms in total. The Bertz CT molecular complexity index is 1080. The first-order valence-corrected chi connectivity index (χ1v) is 10.6. The maximum absolute atomic E-state index is 12.7. The van der Waals surface area contributed by atoms with Gasteiger partial charge >= 0.3 is 0 Å². The van der Waals surface area contributed by atoms with Gasteiger partial charge in [0.1, 0.15) is 11.4 Å². The average molecular weight is 383 g/mol. The molecule has 4 rings (SSSR count). The van der Waals surface area contributed by atoms with Crippen molar-refractivity contribution in [1.82, 2.24) is 19.9 Å². The maximum Gasteiger partial charge on any atom is 0.224 e. The third kappa shape index (κ3) is 3.57.